The molecular formula is C21H36O8S2. The van der Waals surface area contributed by atoms with Crippen LogP contribution in [0.25, 0.3) is 0 Å². The molecule has 31 heavy (non-hydrogen) atoms. The summed E-state index contributed by atoms with van der Waals surface area (Å²) in [7, 11) is -9.54. The zero-order valence-electron chi connectivity index (χ0n) is 18.5. The number of aryl methyl sites for hydroxylation is 1. The summed E-state index contributed by atoms with van der Waals surface area (Å²) in [5.41, 5.74) is 0.570. The number of hydrogen-bond donors (Lipinski definition) is 2. The van der Waals surface area contributed by atoms with Gasteiger partial charge >= 0.3 is 20.8 Å². The van der Waals surface area contributed by atoms with Gasteiger partial charge < -0.3 is 8.37 Å². The molecule has 2 N–H and O–H groups in total. The molecule has 0 aliphatic carbocycles. The van der Waals surface area contributed by atoms with Gasteiger partial charge in [-0.15, -0.1) is 0 Å². The van der Waals surface area contributed by atoms with Crippen molar-refractivity contribution in [3.63, 3.8) is 0 Å². The monoisotopic (exact) mass is 480 g/mol. The molecular weight excluding hydrogens is 444 g/mol. The summed E-state index contributed by atoms with van der Waals surface area (Å²) in [6.45, 7) is 4.55. The van der Waals surface area contributed by atoms with Gasteiger partial charge in [0.2, 0.25) is 0 Å². The van der Waals surface area contributed by atoms with Crippen molar-refractivity contribution in [3.8, 4) is 11.5 Å². The van der Waals surface area contributed by atoms with E-state index in [-0.39, 0.29) is 11.5 Å². The van der Waals surface area contributed by atoms with Crippen molar-refractivity contribution >= 4 is 20.8 Å². The van der Waals surface area contributed by atoms with Gasteiger partial charge in [0.25, 0.3) is 0 Å². The minimum Gasteiger partial charge on any atom is -0.362 e. The van der Waals surface area contributed by atoms with Crippen LogP contribution in [0.15, 0.2) is 18.2 Å². The maximum atomic E-state index is 10.9. The predicted octanol–water partition coefficient (Wildman–Crippen LogP) is 5.54. The van der Waals surface area contributed by atoms with Gasteiger partial charge in [-0.05, 0) is 36.5 Å². The molecule has 180 valence electrons. The van der Waals surface area contributed by atoms with Crippen molar-refractivity contribution in [2.45, 2.75) is 90.9 Å². The molecule has 10 heteroatoms. The highest BCUT2D eigenvalue weighted by Crippen LogP contribution is 2.26. The van der Waals surface area contributed by atoms with Crippen molar-refractivity contribution in [2.24, 2.45) is 5.92 Å². The van der Waals surface area contributed by atoms with E-state index < -0.39 is 20.8 Å². The van der Waals surface area contributed by atoms with E-state index >= 15 is 0 Å². The maximum Gasteiger partial charge on any atom is 0.446 e. The summed E-state index contributed by atoms with van der Waals surface area (Å²) in [4.78, 5) is 0. The second-order valence-corrected chi connectivity index (χ2v) is 10.1. The quantitative estimate of drug-likeness (QED) is 0.220. The van der Waals surface area contributed by atoms with Gasteiger partial charge in [-0.3, -0.25) is 9.11 Å². The minimum atomic E-state index is -4.77. The second-order valence-electron chi connectivity index (χ2n) is 8.10. The Kier molecular flexibility index (Phi) is 12.4. The van der Waals surface area contributed by atoms with Crippen LogP contribution in [0.3, 0.4) is 0 Å². The molecule has 0 fully saturated rings. The Hall–Kier alpha value is -1.36. The van der Waals surface area contributed by atoms with Crippen LogP contribution >= 0.6 is 0 Å². The number of hydrogen-bond acceptors (Lipinski definition) is 6. The third-order valence-corrected chi connectivity index (χ3v) is 5.84. The Balaban J connectivity index is 2.37. The summed E-state index contributed by atoms with van der Waals surface area (Å²) in [5, 5.41) is 0. The van der Waals surface area contributed by atoms with E-state index in [9.17, 15) is 16.8 Å². The lowest BCUT2D eigenvalue weighted by Gasteiger charge is -2.10. The van der Waals surface area contributed by atoms with Crippen molar-refractivity contribution in [3.05, 3.63) is 23.8 Å². The van der Waals surface area contributed by atoms with Gasteiger partial charge in [0, 0.05) is 6.07 Å². The lowest BCUT2D eigenvalue weighted by atomic mass is 9.98. The molecule has 0 saturated carbocycles. The Morgan fingerprint density at radius 3 is 1.65 bits per heavy atom. The summed E-state index contributed by atoms with van der Waals surface area (Å²) in [6.07, 6.45) is 13.5. The smallest absolute Gasteiger partial charge is 0.362 e. The van der Waals surface area contributed by atoms with E-state index in [1.54, 1.807) is 0 Å². The third-order valence-electron chi connectivity index (χ3n) is 5.04. The van der Waals surface area contributed by atoms with Crippen LogP contribution in [0, 0.1) is 5.92 Å². The van der Waals surface area contributed by atoms with E-state index in [2.05, 4.69) is 22.2 Å². The second kappa shape index (κ2) is 13.9. The predicted molar refractivity (Wildman–Crippen MR) is 120 cm³/mol. The molecule has 0 bridgehead atoms. The van der Waals surface area contributed by atoms with Crippen LogP contribution in [0.4, 0.5) is 0 Å². The first kappa shape index (κ1) is 27.7. The summed E-state index contributed by atoms with van der Waals surface area (Å²) in [6, 6.07) is 3.71. The molecule has 0 radical (unpaired) electrons. The van der Waals surface area contributed by atoms with Crippen molar-refractivity contribution in [1.82, 2.24) is 0 Å². The Morgan fingerprint density at radius 1 is 0.742 bits per heavy atom. The Bertz CT molecular complexity index is 798. The average Bonchev–Trinajstić information content (AvgIpc) is 2.60. The van der Waals surface area contributed by atoms with E-state index in [1.165, 1.54) is 57.1 Å². The van der Waals surface area contributed by atoms with Gasteiger partial charge in [-0.1, -0.05) is 78.1 Å². The third kappa shape index (κ3) is 15.1. The summed E-state index contributed by atoms with van der Waals surface area (Å²) in [5.74, 6) is 0.230. The molecule has 0 aliphatic rings. The minimum absolute atomic E-state index is 0.299. The molecule has 0 saturated heterocycles. The SMILES string of the molecule is CCC[C@H](C)CCCCCCCCCCc1cc(OS(=O)(=O)O)cc(OS(=O)(=O)O)c1. The highest BCUT2D eigenvalue weighted by atomic mass is 32.3. The van der Waals surface area contributed by atoms with Gasteiger partial charge in [0.1, 0.15) is 11.5 Å². The number of benzene rings is 1. The fourth-order valence-corrected chi connectivity index (χ4v) is 4.31. The average molecular weight is 481 g/mol. The van der Waals surface area contributed by atoms with Crippen LogP contribution < -0.4 is 8.37 Å². The lowest BCUT2D eigenvalue weighted by Crippen LogP contribution is -2.09. The van der Waals surface area contributed by atoms with E-state index in [1.807, 2.05) is 0 Å². The standard InChI is InChI=1S/C21H36O8S2/c1-3-12-18(2)13-10-8-6-4-5-7-9-11-14-19-15-20(28-30(22,23)24)17-21(16-19)29-31(25,26)27/h15-18H,3-14H2,1-2H3,(H,22,23,24)(H,25,26,27)/t18-/m0/s1. The van der Waals surface area contributed by atoms with Gasteiger partial charge in [0.05, 0.1) is 0 Å². The first-order valence-electron chi connectivity index (χ1n) is 11.0. The molecule has 1 aromatic carbocycles. The first-order chi connectivity index (χ1) is 14.5. The van der Waals surface area contributed by atoms with Crippen LogP contribution in [0.5, 0.6) is 11.5 Å². The zero-order chi connectivity index (χ0) is 23.3. The highest BCUT2D eigenvalue weighted by Gasteiger charge is 2.14. The molecule has 8 nitrogen and oxygen atoms in total. The van der Waals surface area contributed by atoms with Crippen LogP contribution in [0.2, 0.25) is 0 Å². The highest BCUT2D eigenvalue weighted by molar-refractivity contribution is 7.81. The maximum absolute atomic E-state index is 10.9. The fourth-order valence-electron chi connectivity index (χ4n) is 3.63. The molecule has 1 atom stereocenters. The van der Waals surface area contributed by atoms with Crippen LogP contribution in [0.1, 0.15) is 90.0 Å². The molecule has 0 spiro atoms. The first-order valence-corrected chi connectivity index (χ1v) is 13.7. The molecule has 1 rings (SSSR count). The Labute approximate surface area is 187 Å². The zero-order valence-corrected chi connectivity index (χ0v) is 20.1. The van der Waals surface area contributed by atoms with Gasteiger partial charge in [-0.25, -0.2) is 0 Å². The Morgan fingerprint density at radius 2 is 1.19 bits per heavy atom. The van der Waals surface area contributed by atoms with Gasteiger partial charge in [0.15, 0.2) is 0 Å². The summed E-state index contributed by atoms with van der Waals surface area (Å²) >= 11 is 0. The fraction of sp³-hybridized carbons (Fsp3) is 0.714. The van der Waals surface area contributed by atoms with Gasteiger partial charge in [-0.2, -0.15) is 16.8 Å². The summed E-state index contributed by atoms with van der Waals surface area (Å²) < 4.78 is 70.1. The van der Waals surface area contributed by atoms with Crippen LogP contribution in [-0.2, 0) is 27.2 Å². The molecule has 0 unspecified atom stereocenters. The van der Waals surface area contributed by atoms with Crippen molar-refractivity contribution in [1.29, 1.82) is 0 Å². The van der Waals surface area contributed by atoms with E-state index in [0.29, 0.717) is 12.0 Å². The van der Waals surface area contributed by atoms with E-state index in [0.717, 1.165) is 37.7 Å². The molecule has 1 aromatic rings. The van der Waals surface area contributed by atoms with E-state index in [4.69, 9.17) is 9.11 Å². The lowest BCUT2D eigenvalue weighted by molar-refractivity contribution is 0.381. The van der Waals surface area contributed by atoms with Crippen LogP contribution in [-0.4, -0.2) is 25.9 Å². The van der Waals surface area contributed by atoms with Crippen molar-refractivity contribution < 1.29 is 34.3 Å². The number of rotatable bonds is 17. The molecule has 0 amide bonds. The largest absolute Gasteiger partial charge is 0.446 e. The molecule has 0 aliphatic heterocycles. The number of unbranched alkanes of at least 4 members (excludes halogenated alkanes) is 7. The topological polar surface area (TPSA) is 127 Å². The molecule has 0 heterocycles. The molecule has 0 aromatic heterocycles. The van der Waals surface area contributed by atoms with Crippen molar-refractivity contribution in [2.75, 3.05) is 0 Å². The normalized spacial score (nSPS) is 13.2.